The number of amides is 1. The van der Waals surface area contributed by atoms with Gasteiger partial charge in [-0.15, -0.1) is 0 Å². The molecule has 0 aliphatic carbocycles. The molecule has 1 amide bonds. The van der Waals surface area contributed by atoms with E-state index in [0.717, 1.165) is 23.5 Å². The Morgan fingerprint density at radius 1 is 1.29 bits per heavy atom. The Bertz CT molecular complexity index is 1250. The van der Waals surface area contributed by atoms with E-state index in [2.05, 4.69) is 15.6 Å². The van der Waals surface area contributed by atoms with Crippen LogP contribution in [0.1, 0.15) is 28.8 Å². The van der Waals surface area contributed by atoms with Crippen LogP contribution in [0.15, 0.2) is 55.1 Å². The summed E-state index contributed by atoms with van der Waals surface area (Å²) in [6, 6.07) is 8.13. The number of imidazole rings is 1. The van der Waals surface area contributed by atoms with Crippen LogP contribution >= 0.6 is 0 Å². The van der Waals surface area contributed by atoms with Crippen molar-refractivity contribution in [2.75, 3.05) is 12.4 Å². The van der Waals surface area contributed by atoms with Gasteiger partial charge in [0.05, 0.1) is 36.1 Å². The van der Waals surface area contributed by atoms with Crippen molar-refractivity contribution in [2.24, 2.45) is 5.73 Å². The van der Waals surface area contributed by atoms with Gasteiger partial charge in [0, 0.05) is 23.6 Å². The van der Waals surface area contributed by atoms with E-state index in [4.69, 9.17) is 10.5 Å². The second-order valence-electron chi connectivity index (χ2n) is 8.03. The number of alkyl halides is 3. The molecule has 0 saturated carbocycles. The van der Waals surface area contributed by atoms with Gasteiger partial charge in [0.2, 0.25) is 5.91 Å². The third kappa shape index (κ3) is 4.85. The number of hydrogen-bond acceptors (Lipinski definition) is 5. The average Bonchev–Trinajstić information content (AvgIpc) is 3.17. The number of hydrogen-bond donors (Lipinski definition) is 3. The summed E-state index contributed by atoms with van der Waals surface area (Å²) in [5.41, 5.74) is 9.04. The summed E-state index contributed by atoms with van der Waals surface area (Å²) in [6.45, 7) is 1.89. The van der Waals surface area contributed by atoms with Gasteiger partial charge in [0.25, 0.3) is 0 Å². The highest BCUT2D eigenvalue weighted by Crippen LogP contribution is 2.33. The number of nitrogens with one attached hydrogen (secondary N) is 2. The Labute approximate surface area is 194 Å². The molecule has 0 fully saturated rings. The number of carbonyl (C=O) groups is 1. The molecule has 34 heavy (non-hydrogen) atoms. The molecule has 2 heterocycles. The van der Waals surface area contributed by atoms with E-state index in [1.165, 1.54) is 12.3 Å². The molecular weight excluding hydrogens is 447 g/mol. The normalized spacial score (nSPS) is 16.4. The van der Waals surface area contributed by atoms with Gasteiger partial charge in [-0.05, 0) is 55.7 Å². The first-order chi connectivity index (χ1) is 16.2. The van der Waals surface area contributed by atoms with Crippen molar-refractivity contribution in [3.63, 3.8) is 0 Å². The molecule has 0 bridgehead atoms. The Hall–Kier alpha value is -3.95. The number of carbonyl (C=O) groups excluding carboxylic acids is 1. The first kappa shape index (κ1) is 23.2. The van der Waals surface area contributed by atoms with E-state index in [-0.39, 0.29) is 5.91 Å². The first-order valence-electron chi connectivity index (χ1n) is 10.6. The average molecular weight is 471 g/mol. The third-order valence-electron chi connectivity index (χ3n) is 5.65. The van der Waals surface area contributed by atoms with E-state index >= 15 is 0 Å². The van der Waals surface area contributed by atoms with Crippen molar-refractivity contribution < 1.29 is 22.7 Å². The zero-order valence-corrected chi connectivity index (χ0v) is 18.6. The van der Waals surface area contributed by atoms with Crippen molar-refractivity contribution in [1.29, 1.82) is 0 Å². The van der Waals surface area contributed by atoms with Crippen molar-refractivity contribution in [3.05, 3.63) is 77.5 Å². The standard InChI is InChI=1S/C24H24F3N5O2/c1-14-12-32(13-30-14)21-8-4-15(10-22(21)34-2)18(28)11-29-20-6-3-16-9-17(24(25,26)27)5-7-19(16)31-23(20)33/h4-5,7-13,20,29H,3,6,28H2,1-2H3,(H,31,33)/b18-11-. The summed E-state index contributed by atoms with van der Waals surface area (Å²) in [5.74, 6) is 0.250. The van der Waals surface area contributed by atoms with Crippen LogP contribution in [0.4, 0.5) is 18.9 Å². The zero-order chi connectivity index (χ0) is 24.5. The van der Waals surface area contributed by atoms with Crippen LogP contribution in [0.25, 0.3) is 11.4 Å². The van der Waals surface area contributed by atoms with Crippen molar-refractivity contribution in [1.82, 2.24) is 14.9 Å². The number of methoxy groups -OCH3 is 1. The van der Waals surface area contributed by atoms with Crippen LogP contribution in [0, 0.1) is 6.92 Å². The largest absolute Gasteiger partial charge is 0.495 e. The van der Waals surface area contributed by atoms with Gasteiger partial charge in [0.1, 0.15) is 11.8 Å². The van der Waals surface area contributed by atoms with Crippen LogP contribution in [-0.4, -0.2) is 28.6 Å². The number of aromatic nitrogens is 2. The highest BCUT2D eigenvalue weighted by molar-refractivity contribution is 5.96. The second-order valence-corrected chi connectivity index (χ2v) is 8.03. The molecule has 10 heteroatoms. The molecule has 0 radical (unpaired) electrons. The summed E-state index contributed by atoms with van der Waals surface area (Å²) in [6.07, 6.45) is 1.26. The Morgan fingerprint density at radius 3 is 2.76 bits per heavy atom. The zero-order valence-electron chi connectivity index (χ0n) is 18.6. The summed E-state index contributed by atoms with van der Waals surface area (Å²) in [7, 11) is 1.56. The molecule has 4 rings (SSSR count). The van der Waals surface area contributed by atoms with E-state index in [0.29, 0.717) is 41.1 Å². The molecule has 178 valence electrons. The molecule has 1 aliphatic rings. The summed E-state index contributed by atoms with van der Waals surface area (Å²) in [5, 5.41) is 5.69. The van der Waals surface area contributed by atoms with Gasteiger partial charge in [0.15, 0.2) is 0 Å². The Morgan fingerprint density at radius 2 is 2.09 bits per heavy atom. The highest BCUT2D eigenvalue weighted by Gasteiger charge is 2.32. The summed E-state index contributed by atoms with van der Waals surface area (Å²) >= 11 is 0. The Balaban J connectivity index is 1.49. The minimum absolute atomic E-state index is 0.302. The molecule has 1 atom stereocenters. The van der Waals surface area contributed by atoms with Gasteiger partial charge in [-0.25, -0.2) is 4.98 Å². The molecule has 3 aromatic rings. The van der Waals surface area contributed by atoms with Gasteiger partial charge in [-0.3, -0.25) is 4.79 Å². The van der Waals surface area contributed by atoms with Gasteiger partial charge >= 0.3 is 6.18 Å². The number of halogens is 3. The maximum absolute atomic E-state index is 13.0. The fourth-order valence-electron chi connectivity index (χ4n) is 3.81. The summed E-state index contributed by atoms with van der Waals surface area (Å²) in [4.78, 5) is 16.8. The maximum atomic E-state index is 13.0. The molecule has 4 N–H and O–H groups in total. The number of benzene rings is 2. The van der Waals surface area contributed by atoms with E-state index in [1.54, 1.807) is 19.5 Å². The number of nitrogens with two attached hydrogens (primary N) is 1. The van der Waals surface area contributed by atoms with Crippen molar-refractivity contribution in [2.45, 2.75) is 32.0 Å². The fourth-order valence-corrected chi connectivity index (χ4v) is 3.81. The number of aryl methyl sites for hydroxylation is 2. The van der Waals surface area contributed by atoms with E-state index in [1.807, 2.05) is 29.8 Å². The molecular formula is C24H24F3N5O2. The van der Waals surface area contributed by atoms with Gasteiger partial charge in [-0.1, -0.05) is 6.07 Å². The number of rotatable bonds is 5. The maximum Gasteiger partial charge on any atom is 0.416 e. The fraction of sp³-hybridized carbons (Fsp3) is 0.250. The molecule has 7 nitrogen and oxygen atoms in total. The summed E-state index contributed by atoms with van der Waals surface area (Å²) < 4.78 is 46.4. The number of ether oxygens (including phenoxy) is 1. The highest BCUT2D eigenvalue weighted by atomic mass is 19.4. The molecule has 0 spiro atoms. The van der Waals surface area contributed by atoms with Gasteiger partial charge in [-0.2, -0.15) is 13.2 Å². The monoisotopic (exact) mass is 471 g/mol. The molecule has 2 aromatic carbocycles. The van der Waals surface area contributed by atoms with E-state index in [9.17, 15) is 18.0 Å². The van der Waals surface area contributed by atoms with Crippen LogP contribution in [0.5, 0.6) is 5.75 Å². The van der Waals surface area contributed by atoms with E-state index < -0.39 is 17.8 Å². The van der Waals surface area contributed by atoms with Crippen LogP contribution < -0.4 is 21.1 Å². The van der Waals surface area contributed by atoms with Crippen LogP contribution in [-0.2, 0) is 17.4 Å². The predicted molar refractivity (Wildman–Crippen MR) is 122 cm³/mol. The lowest BCUT2D eigenvalue weighted by Crippen LogP contribution is -2.37. The Kier molecular flexibility index (Phi) is 6.23. The van der Waals surface area contributed by atoms with Gasteiger partial charge < -0.3 is 25.7 Å². The molecule has 1 unspecified atom stereocenters. The predicted octanol–water partition coefficient (Wildman–Crippen LogP) is 4.01. The topological polar surface area (TPSA) is 94.2 Å². The number of nitrogens with zero attached hydrogens (tertiary/aromatic N) is 2. The van der Waals surface area contributed by atoms with Crippen LogP contribution in [0.2, 0.25) is 0 Å². The lowest BCUT2D eigenvalue weighted by molar-refractivity contribution is -0.137. The first-order valence-corrected chi connectivity index (χ1v) is 10.6. The smallest absolute Gasteiger partial charge is 0.416 e. The second kappa shape index (κ2) is 9.12. The van der Waals surface area contributed by atoms with Crippen molar-refractivity contribution >= 4 is 17.3 Å². The molecule has 0 saturated heterocycles. The number of fused-ring (bicyclic) bond motifs is 1. The third-order valence-corrected chi connectivity index (χ3v) is 5.65. The number of anilines is 1. The lowest BCUT2D eigenvalue weighted by Gasteiger charge is -2.15. The lowest BCUT2D eigenvalue weighted by atomic mass is 10.0. The minimum atomic E-state index is -4.44. The molecule has 1 aliphatic heterocycles. The van der Waals surface area contributed by atoms with Crippen LogP contribution in [0.3, 0.4) is 0 Å². The minimum Gasteiger partial charge on any atom is -0.495 e. The van der Waals surface area contributed by atoms with Crippen molar-refractivity contribution in [3.8, 4) is 11.4 Å². The SMILES string of the molecule is COc1cc(/C(N)=C/NC2CCc3cc(C(F)(F)F)ccc3NC2=O)ccc1-n1cnc(C)c1. The molecule has 1 aromatic heterocycles. The quantitative estimate of drug-likeness (QED) is 0.523.